The fourth-order valence-electron chi connectivity index (χ4n) is 0.897. The minimum atomic E-state index is -0.527. The molecule has 0 aromatic carbocycles. The Bertz CT molecular complexity index is 382. The highest BCUT2D eigenvalue weighted by Gasteiger charge is 2.16. The van der Waals surface area contributed by atoms with Crippen LogP contribution < -0.4 is 4.74 Å². The van der Waals surface area contributed by atoms with Crippen molar-refractivity contribution >= 4 is 21.6 Å². The first-order valence-corrected chi connectivity index (χ1v) is 4.98. The van der Waals surface area contributed by atoms with Crippen molar-refractivity contribution in [2.24, 2.45) is 0 Å². The van der Waals surface area contributed by atoms with Crippen LogP contribution in [-0.2, 0) is 0 Å². The van der Waals surface area contributed by atoms with E-state index in [4.69, 9.17) is 4.74 Å². The molecule has 1 heterocycles. The zero-order chi connectivity index (χ0) is 11.3. The highest BCUT2D eigenvalue weighted by atomic mass is 79.9. The topological polar surface area (TPSA) is 65.3 Å². The van der Waals surface area contributed by atoms with E-state index < -0.39 is 4.92 Å². The van der Waals surface area contributed by atoms with Gasteiger partial charge in [-0.2, -0.15) is 0 Å². The smallest absolute Gasteiger partial charge is 0.332 e. The monoisotopic (exact) mass is 272 g/mol. The lowest BCUT2D eigenvalue weighted by Crippen LogP contribution is -2.01. The number of hydrogen-bond donors (Lipinski definition) is 0. The van der Waals surface area contributed by atoms with Crippen molar-refractivity contribution in [2.45, 2.75) is 6.42 Å². The summed E-state index contributed by atoms with van der Waals surface area (Å²) in [4.78, 5) is 14.0. The lowest BCUT2D eigenvalue weighted by molar-refractivity contribution is -0.386. The average molecular weight is 273 g/mol. The maximum Gasteiger partial charge on any atom is 0.332 e. The second-order valence-corrected chi connectivity index (χ2v) is 3.58. The molecule has 0 bridgehead atoms. The Morgan fingerprint density at radius 2 is 2.47 bits per heavy atom. The molecule has 0 saturated carbocycles. The predicted octanol–water partition coefficient (Wildman–Crippen LogP) is 2.71. The van der Waals surface area contributed by atoms with Crippen LogP contribution in [0.2, 0.25) is 0 Å². The fraction of sp³-hybridized carbons (Fsp3) is 0.222. The van der Waals surface area contributed by atoms with Crippen molar-refractivity contribution in [3.05, 3.63) is 39.5 Å². The Morgan fingerprint density at radius 1 is 1.73 bits per heavy atom. The molecular formula is C9H9BrN2O3. The number of rotatable bonds is 5. The van der Waals surface area contributed by atoms with E-state index in [9.17, 15) is 10.1 Å². The Hall–Kier alpha value is -1.43. The third-order valence-corrected chi connectivity index (χ3v) is 1.99. The van der Waals surface area contributed by atoms with E-state index in [0.717, 1.165) is 0 Å². The van der Waals surface area contributed by atoms with Gasteiger partial charge in [-0.05, 0) is 22.4 Å². The van der Waals surface area contributed by atoms with Crippen molar-refractivity contribution in [3.8, 4) is 5.88 Å². The number of nitro groups is 1. The minimum Gasteiger partial charge on any atom is -0.472 e. The number of pyridine rings is 1. The molecule has 0 radical (unpaired) electrons. The summed E-state index contributed by atoms with van der Waals surface area (Å²) in [5.74, 6) is 0.0325. The Balaban J connectivity index is 2.85. The van der Waals surface area contributed by atoms with Crippen molar-refractivity contribution in [2.75, 3.05) is 6.61 Å². The van der Waals surface area contributed by atoms with Crippen LogP contribution in [0.3, 0.4) is 0 Å². The number of nitrogens with zero attached hydrogens (tertiary/aromatic N) is 2. The first-order valence-electron chi connectivity index (χ1n) is 4.18. The van der Waals surface area contributed by atoms with E-state index in [1.54, 1.807) is 6.08 Å². The van der Waals surface area contributed by atoms with Crippen LogP contribution in [0.15, 0.2) is 29.4 Å². The lowest BCUT2D eigenvalue weighted by Gasteiger charge is -2.03. The maximum absolute atomic E-state index is 10.7. The van der Waals surface area contributed by atoms with Crippen LogP contribution in [0.4, 0.5) is 5.69 Å². The molecule has 15 heavy (non-hydrogen) atoms. The molecule has 0 atom stereocenters. The normalized spacial score (nSPS) is 9.67. The number of halogens is 1. The van der Waals surface area contributed by atoms with E-state index in [-0.39, 0.29) is 11.6 Å². The van der Waals surface area contributed by atoms with Crippen molar-refractivity contribution < 1.29 is 9.66 Å². The molecule has 0 aliphatic carbocycles. The molecule has 5 nitrogen and oxygen atoms in total. The van der Waals surface area contributed by atoms with E-state index in [1.165, 1.54) is 12.3 Å². The third-order valence-electron chi connectivity index (χ3n) is 1.56. The Kier molecular flexibility index (Phi) is 4.23. The standard InChI is InChI=1S/C9H9BrN2O3/c1-2-3-4-15-9-8(12(13)14)5-7(10)6-11-9/h2,5-6H,1,3-4H2. The van der Waals surface area contributed by atoms with Gasteiger partial charge in [-0.1, -0.05) is 6.08 Å². The summed E-state index contributed by atoms with van der Waals surface area (Å²) >= 11 is 3.11. The van der Waals surface area contributed by atoms with Crippen LogP contribution in [0, 0.1) is 10.1 Å². The van der Waals surface area contributed by atoms with Crippen LogP contribution >= 0.6 is 15.9 Å². The van der Waals surface area contributed by atoms with Crippen molar-refractivity contribution in [1.29, 1.82) is 0 Å². The molecule has 0 spiro atoms. The minimum absolute atomic E-state index is 0.0325. The summed E-state index contributed by atoms with van der Waals surface area (Å²) in [6.07, 6.45) is 3.75. The lowest BCUT2D eigenvalue weighted by atomic mass is 10.4. The average Bonchev–Trinajstić information content (AvgIpc) is 2.20. The predicted molar refractivity (Wildman–Crippen MR) is 58.9 cm³/mol. The number of hydrogen-bond acceptors (Lipinski definition) is 4. The van der Waals surface area contributed by atoms with Crippen molar-refractivity contribution in [1.82, 2.24) is 4.98 Å². The van der Waals surface area contributed by atoms with Crippen LogP contribution in [0.25, 0.3) is 0 Å². The van der Waals surface area contributed by atoms with Gasteiger partial charge in [0, 0.05) is 16.7 Å². The molecule has 0 unspecified atom stereocenters. The molecule has 1 aromatic heterocycles. The van der Waals surface area contributed by atoms with Gasteiger partial charge in [-0.25, -0.2) is 4.98 Å². The summed E-state index contributed by atoms with van der Waals surface area (Å²) in [7, 11) is 0. The largest absolute Gasteiger partial charge is 0.472 e. The number of ether oxygens (including phenoxy) is 1. The molecule has 0 amide bonds. The summed E-state index contributed by atoms with van der Waals surface area (Å²) in [6.45, 7) is 3.85. The molecule has 0 saturated heterocycles. The summed E-state index contributed by atoms with van der Waals surface area (Å²) in [6, 6.07) is 1.36. The first kappa shape index (κ1) is 11.6. The summed E-state index contributed by atoms with van der Waals surface area (Å²) in [5, 5.41) is 10.7. The molecule has 0 aliphatic rings. The van der Waals surface area contributed by atoms with E-state index in [2.05, 4.69) is 27.5 Å². The Morgan fingerprint density at radius 3 is 3.07 bits per heavy atom. The van der Waals surface area contributed by atoms with Crippen molar-refractivity contribution in [3.63, 3.8) is 0 Å². The molecule has 0 aliphatic heterocycles. The number of aromatic nitrogens is 1. The van der Waals surface area contributed by atoms with Gasteiger partial charge in [0.05, 0.1) is 11.5 Å². The van der Waals surface area contributed by atoms with E-state index in [0.29, 0.717) is 17.5 Å². The summed E-state index contributed by atoms with van der Waals surface area (Å²) in [5.41, 5.74) is -0.145. The van der Waals surface area contributed by atoms with Gasteiger partial charge >= 0.3 is 5.69 Å². The Labute approximate surface area is 95.1 Å². The van der Waals surface area contributed by atoms with Gasteiger partial charge in [-0.15, -0.1) is 6.58 Å². The maximum atomic E-state index is 10.7. The van der Waals surface area contributed by atoms with Gasteiger partial charge < -0.3 is 4.74 Å². The van der Waals surface area contributed by atoms with Crippen LogP contribution in [0.5, 0.6) is 5.88 Å². The molecule has 1 aromatic rings. The molecular weight excluding hydrogens is 264 g/mol. The van der Waals surface area contributed by atoms with Gasteiger partial charge in [-0.3, -0.25) is 10.1 Å². The zero-order valence-electron chi connectivity index (χ0n) is 7.85. The molecule has 80 valence electrons. The van der Waals surface area contributed by atoms with Gasteiger partial charge in [0.1, 0.15) is 0 Å². The third kappa shape index (κ3) is 3.32. The second kappa shape index (κ2) is 5.45. The van der Waals surface area contributed by atoms with Gasteiger partial charge in [0.15, 0.2) is 0 Å². The second-order valence-electron chi connectivity index (χ2n) is 2.66. The van der Waals surface area contributed by atoms with Crippen LogP contribution in [-0.4, -0.2) is 16.5 Å². The highest BCUT2D eigenvalue weighted by Crippen LogP contribution is 2.27. The van der Waals surface area contributed by atoms with Crippen LogP contribution in [0.1, 0.15) is 6.42 Å². The highest BCUT2D eigenvalue weighted by molar-refractivity contribution is 9.10. The van der Waals surface area contributed by atoms with E-state index in [1.807, 2.05) is 0 Å². The fourth-order valence-corrected chi connectivity index (χ4v) is 1.22. The molecule has 1 rings (SSSR count). The summed E-state index contributed by atoms with van der Waals surface area (Å²) < 4.78 is 5.70. The molecule has 6 heteroatoms. The SMILES string of the molecule is C=CCCOc1ncc(Br)cc1[N+](=O)[O-]. The first-order chi connectivity index (χ1) is 7.15. The zero-order valence-corrected chi connectivity index (χ0v) is 9.44. The van der Waals surface area contributed by atoms with Gasteiger partial charge in [0.25, 0.3) is 5.88 Å². The molecule has 0 N–H and O–H groups in total. The van der Waals surface area contributed by atoms with Gasteiger partial charge in [0.2, 0.25) is 0 Å². The quantitative estimate of drug-likeness (QED) is 0.358. The van der Waals surface area contributed by atoms with E-state index >= 15 is 0 Å². The molecule has 0 fully saturated rings.